The summed E-state index contributed by atoms with van der Waals surface area (Å²) >= 11 is 0. The molecule has 6 heteroatoms. The van der Waals surface area contributed by atoms with E-state index >= 15 is 0 Å². The van der Waals surface area contributed by atoms with E-state index in [1.807, 2.05) is 18.4 Å². The van der Waals surface area contributed by atoms with Gasteiger partial charge in [-0.3, -0.25) is 9.59 Å². The number of ether oxygens (including phenoxy) is 1. The summed E-state index contributed by atoms with van der Waals surface area (Å²) in [5.41, 5.74) is 6.90. The van der Waals surface area contributed by atoms with Crippen LogP contribution in [0.3, 0.4) is 0 Å². The number of esters is 1. The smallest absolute Gasteiger partial charge is 0.310 e. The number of aromatic nitrogens is 1. The molecule has 1 aromatic rings. The minimum atomic E-state index is -0.252. The van der Waals surface area contributed by atoms with E-state index in [0.29, 0.717) is 31.0 Å². The van der Waals surface area contributed by atoms with Crippen LogP contribution in [0.1, 0.15) is 24.3 Å². The zero-order valence-corrected chi connectivity index (χ0v) is 12.1. The van der Waals surface area contributed by atoms with Crippen LogP contribution in [0.5, 0.6) is 0 Å². The van der Waals surface area contributed by atoms with Gasteiger partial charge in [0.05, 0.1) is 18.7 Å². The second kappa shape index (κ2) is 5.56. The first kappa shape index (κ1) is 14.4. The molecule has 2 rings (SSSR count). The molecular weight excluding hydrogens is 258 g/mol. The maximum absolute atomic E-state index is 12.5. The Kier molecular flexibility index (Phi) is 4.01. The number of carbonyl (C=O) groups excluding carboxylic acids is 2. The average Bonchev–Trinajstić information content (AvgIpc) is 3.00. The van der Waals surface area contributed by atoms with Gasteiger partial charge in [-0.25, -0.2) is 0 Å². The summed E-state index contributed by atoms with van der Waals surface area (Å²) < 4.78 is 6.61. The molecule has 2 atom stereocenters. The molecule has 0 bridgehead atoms. The number of methoxy groups -OCH3 is 1. The monoisotopic (exact) mass is 279 g/mol. The van der Waals surface area contributed by atoms with E-state index in [-0.39, 0.29) is 23.7 Å². The standard InChI is InChI=1S/C14H21N3O3/c1-4-16-7-10(15)5-12(16)13(18)17-6-9(2)11(8-17)14(19)20-3/h5,7,9,11H,4,6,8,15H2,1-3H3. The highest BCUT2D eigenvalue weighted by Gasteiger charge is 2.38. The van der Waals surface area contributed by atoms with Crippen LogP contribution in [0.2, 0.25) is 0 Å². The summed E-state index contributed by atoms with van der Waals surface area (Å²) in [6.45, 7) is 5.57. The Morgan fingerprint density at radius 1 is 1.45 bits per heavy atom. The molecule has 1 saturated heterocycles. The number of hydrogen-bond acceptors (Lipinski definition) is 4. The lowest BCUT2D eigenvalue weighted by Crippen LogP contribution is -2.31. The van der Waals surface area contributed by atoms with E-state index in [1.54, 1.807) is 17.2 Å². The molecule has 1 aromatic heterocycles. The van der Waals surface area contributed by atoms with Gasteiger partial charge in [0.15, 0.2) is 0 Å². The number of anilines is 1. The number of likely N-dealkylation sites (tertiary alicyclic amines) is 1. The van der Waals surface area contributed by atoms with Crippen molar-refractivity contribution in [3.63, 3.8) is 0 Å². The molecule has 2 N–H and O–H groups in total. The van der Waals surface area contributed by atoms with Gasteiger partial charge < -0.3 is 19.9 Å². The molecule has 6 nitrogen and oxygen atoms in total. The summed E-state index contributed by atoms with van der Waals surface area (Å²) in [5, 5.41) is 0. The fourth-order valence-corrected chi connectivity index (χ4v) is 2.73. The summed E-state index contributed by atoms with van der Waals surface area (Å²) in [5.74, 6) is -0.472. The molecule has 110 valence electrons. The number of aryl methyl sites for hydroxylation is 1. The van der Waals surface area contributed by atoms with Gasteiger partial charge in [-0.2, -0.15) is 0 Å². The zero-order valence-electron chi connectivity index (χ0n) is 12.1. The molecule has 2 heterocycles. The zero-order chi connectivity index (χ0) is 14.9. The number of hydrogen-bond donors (Lipinski definition) is 1. The number of nitrogen functional groups attached to an aromatic ring is 1. The number of amides is 1. The van der Waals surface area contributed by atoms with Crippen molar-refractivity contribution < 1.29 is 14.3 Å². The quantitative estimate of drug-likeness (QED) is 0.836. The Balaban J connectivity index is 2.16. The van der Waals surface area contributed by atoms with E-state index < -0.39 is 0 Å². The second-order valence-corrected chi connectivity index (χ2v) is 5.26. The molecule has 0 aliphatic carbocycles. The Hall–Kier alpha value is -1.98. The van der Waals surface area contributed by atoms with Crippen LogP contribution in [0.15, 0.2) is 12.3 Å². The van der Waals surface area contributed by atoms with E-state index in [2.05, 4.69) is 0 Å². The summed E-state index contributed by atoms with van der Waals surface area (Å²) in [7, 11) is 1.38. The van der Waals surface area contributed by atoms with Gasteiger partial charge in [-0.15, -0.1) is 0 Å². The molecule has 1 fully saturated rings. The fraction of sp³-hybridized carbons (Fsp3) is 0.571. The van der Waals surface area contributed by atoms with Crippen molar-refractivity contribution >= 4 is 17.6 Å². The number of carbonyl (C=O) groups is 2. The minimum absolute atomic E-state index is 0.0817. The fourth-order valence-electron chi connectivity index (χ4n) is 2.73. The molecule has 20 heavy (non-hydrogen) atoms. The maximum Gasteiger partial charge on any atom is 0.310 e. The van der Waals surface area contributed by atoms with Crippen molar-refractivity contribution in [2.24, 2.45) is 11.8 Å². The van der Waals surface area contributed by atoms with Crippen molar-refractivity contribution in [2.75, 3.05) is 25.9 Å². The number of nitrogens with zero attached hydrogens (tertiary/aromatic N) is 2. The molecular formula is C14H21N3O3. The van der Waals surface area contributed by atoms with Crippen LogP contribution in [0.4, 0.5) is 5.69 Å². The lowest BCUT2D eigenvalue weighted by atomic mass is 9.99. The molecule has 0 saturated carbocycles. The first-order valence-corrected chi connectivity index (χ1v) is 6.80. The topological polar surface area (TPSA) is 77.6 Å². The second-order valence-electron chi connectivity index (χ2n) is 5.26. The third-order valence-electron chi connectivity index (χ3n) is 3.88. The Labute approximate surface area is 118 Å². The van der Waals surface area contributed by atoms with Crippen LogP contribution < -0.4 is 5.73 Å². The SMILES string of the molecule is CCn1cc(N)cc1C(=O)N1CC(C)C(C(=O)OC)C1. The predicted octanol–water partition coefficient (Wildman–Crippen LogP) is 0.971. The maximum atomic E-state index is 12.5. The van der Waals surface area contributed by atoms with Gasteiger partial charge in [0, 0.05) is 25.8 Å². The molecule has 0 radical (unpaired) electrons. The predicted molar refractivity (Wildman–Crippen MR) is 75.1 cm³/mol. The summed E-state index contributed by atoms with van der Waals surface area (Å²) in [6, 6.07) is 1.68. The summed E-state index contributed by atoms with van der Waals surface area (Å²) in [6.07, 6.45) is 1.75. The van der Waals surface area contributed by atoms with Crippen molar-refractivity contribution in [1.29, 1.82) is 0 Å². The van der Waals surface area contributed by atoms with Gasteiger partial charge in [0.25, 0.3) is 5.91 Å². The lowest BCUT2D eigenvalue weighted by Gasteiger charge is -2.17. The van der Waals surface area contributed by atoms with Crippen LogP contribution in [-0.4, -0.2) is 41.5 Å². The van der Waals surface area contributed by atoms with Crippen LogP contribution in [-0.2, 0) is 16.1 Å². The highest BCUT2D eigenvalue weighted by atomic mass is 16.5. The first-order chi connectivity index (χ1) is 9.47. The average molecular weight is 279 g/mol. The Morgan fingerprint density at radius 2 is 2.15 bits per heavy atom. The highest BCUT2D eigenvalue weighted by Crippen LogP contribution is 2.26. The van der Waals surface area contributed by atoms with Crippen molar-refractivity contribution in [3.05, 3.63) is 18.0 Å². The third-order valence-corrected chi connectivity index (χ3v) is 3.88. The highest BCUT2D eigenvalue weighted by molar-refractivity contribution is 5.94. The Bertz CT molecular complexity index is 524. The van der Waals surface area contributed by atoms with Crippen LogP contribution in [0, 0.1) is 11.8 Å². The number of nitrogens with two attached hydrogens (primary N) is 1. The van der Waals surface area contributed by atoms with Gasteiger partial charge in [0.1, 0.15) is 5.69 Å². The largest absolute Gasteiger partial charge is 0.469 e. The minimum Gasteiger partial charge on any atom is -0.469 e. The first-order valence-electron chi connectivity index (χ1n) is 6.80. The lowest BCUT2D eigenvalue weighted by molar-refractivity contribution is -0.146. The Morgan fingerprint density at radius 3 is 2.75 bits per heavy atom. The summed E-state index contributed by atoms with van der Waals surface area (Å²) in [4.78, 5) is 25.9. The van der Waals surface area contributed by atoms with Gasteiger partial charge in [-0.1, -0.05) is 6.92 Å². The molecule has 1 aliphatic heterocycles. The molecule has 2 unspecified atom stereocenters. The van der Waals surface area contributed by atoms with Crippen molar-refractivity contribution in [3.8, 4) is 0 Å². The molecule has 1 amide bonds. The molecule has 1 aliphatic rings. The molecule has 0 aromatic carbocycles. The molecule has 0 spiro atoms. The van der Waals surface area contributed by atoms with Crippen LogP contribution >= 0.6 is 0 Å². The van der Waals surface area contributed by atoms with Gasteiger partial charge >= 0.3 is 5.97 Å². The van der Waals surface area contributed by atoms with E-state index in [0.717, 1.165) is 0 Å². The third kappa shape index (κ3) is 2.50. The van der Waals surface area contributed by atoms with Crippen LogP contribution in [0.25, 0.3) is 0 Å². The van der Waals surface area contributed by atoms with Gasteiger partial charge in [0.2, 0.25) is 0 Å². The number of rotatable bonds is 3. The van der Waals surface area contributed by atoms with E-state index in [9.17, 15) is 9.59 Å². The van der Waals surface area contributed by atoms with Crippen molar-refractivity contribution in [2.45, 2.75) is 20.4 Å². The van der Waals surface area contributed by atoms with E-state index in [1.165, 1.54) is 7.11 Å². The van der Waals surface area contributed by atoms with Crippen molar-refractivity contribution in [1.82, 2.24) is 9.47 Å². The normalized spacial score (nSPS) is 22.1. The van der Waals surface area contributed by atoms with E-state index in [4.69, 9.17) is 10.5 Å². The van der Waals surface area contributed by atoms with Gasteiger partial charge in [-0.05, 0) is 18.9 Å².